The van der Waals surface area contributed by atoms with Gasteiger partial charge in [-0.05, 0) is 48.9 Å². The molecule has 0 bridgehead atoms. The van der Waals surface area contributed by atoms with E-state index in [4.69, 9.17) is 16.3 Å². The summed E-state index contributed by atoms with van der Waals surface area (Å²) in [6, 6.07) is 12.6. The molecule has 1 heterocycles. The number of hydrogen-bond donors (Lipinski definition) is 1. The van der Waals surface area contributed by atoms with E-state index in [9.17, 15) is 13.2 Å². The Hall–Kier alpha value is -2.58. The van der Waals surface area contributed by atoms with Gasteiger partial charge in [0.2, 0.25) is 0 Å². The van der Waals surface area contributed by atoms with Gasteiger partial charge >= 0.3 is 0 Å². The molecule has 1 amide bonds. The highest BCUT2D eigenvalue weighted by atomic mass is 35.5. The van der Waals surface area contributed by atoms with Gasteiger partial charge in [0.15, 0.2) is 6.61 Å². The lowest BCUT2D eigenvalue weighted by atomic mass is 10.3. The van der Waals surface area contributed by atoms with Crippen LogP contribution >= 0.6 is 11.6 Å². The molecule has 28 heavy (non-hydrogen) atoms. The number of sulfonamides is 1. The summed E-state index contributed by atoms with van der Waals surface area (Å²) < 4.78 is 34.1. The van der Waals surface area contributed by atoms with Gasteiger partial charge in [-0.1, -0.05) is 17.7 Å². The van der Waals surface area contributed by atoms with Crippen LogP contribution in [0, 0.1) is 0 Å². The van der Waals surface area contributed by atoms with Crippen molar-refractivity contribution in [2.75, 3.05) is 25.5 Å². The minimum Gasteiger partial charge on any atom is -0.484 e. The van der Waals surface area contributed by atoms with Crippen LogP contribution in [-0.2, 0) is 14.8 Å². The molecule has 0 unspecified atom stereocenters. The Kier molecular flexibility index (Phi) is 6.21. The van der Waals surface area contributed by atoms with Gasteiger partial charge in [0, 0.05) is 30.7 Å². The first-order chi connectivity index (χ1) is 13.3. The number of nitrogens with zero attached hydrogens (tertiary/aromatic N) is 2. The first-order valence-electron chi connectivity index (χ1n) is 8.67. The van der Waals surface area contributed by atoms with Gasteiger partial charge in [0.05, 0.1) is 4.90 Å². The number of amidine groups is 1. The molecule has 3 rings (SSSR count). The van der Waals surface area contributed by atoms with Gasteiger partial charge in [-0.15, -0.1) is 4.40 Å². The van der Waals surface area contributed by atoms with Crippen molar-refractivity contribution >= 4 is 39.1 Å². The average molecular weight is 422 g/mol. The molecule has 0 atom stereocenters. The smallest absolute Gasteiger partial charge is 0.283 e. The Morgan fingerprint density at radius 1 is 1.25 bits per heavy atom. The number of nitrogens with one attached hydrogen (secondary N) is 1. The van der Waals surface area contributed by atoms with E-state index in [1.807, 2.05) is 11.9 Å². The van der Waals surface area contributed by atoms with E-state index in [-0.39, 0.29) is 17.4 Å². The van der Waals surface area contributed by atoms with Gasteiger partial charge in [0.1, 0.15) is 11.6 Å². The van der Waals surface area contributed by atoms with Crippen molar-refractivity contribution < 1.29 is 17.9 Å². The van der Waals surface area contributed by atoms with Crippen LogP contribution in [0.3, 0.4) is 0 Å². The predicted molar refractivity (Wildman–Crippen MR) is 109 cm³/mol. The molecule has 1 aliphatic rings. The Bertz CT molecular complexity index is 990. The molecule has 148 valence electrons. The molecule has 0 radical (unpaired) electrons. The second-order valence-corrected chi connectivity index (χ2v) is 8.37. The number of carbonyl (C=O) groups is 1. The fraction of sp³-hybridized carbons (Fsp3) is 0.263. The third kappa shape index (κ3) is 5.24. The van der Waals surface area contributed by atoms with E-state index in [0.717, 1.165) is 13.0 Å². The highest BCUT2D eigenvalue weighted by Crippen LogP contribution is 2.20. The zero-order valence-corrected chi connectivity index (χ0v) is 16.8. The van der Waals surface area contributed by atoms with Gasteiger partial charge in [-0.3, -0.25) is 4.79 Å². The Balaban J connectivity index is 1.60. The molecule has 0 spiro atoms. The summed E-state index contributed by atoms with van der Waals surface area (Å²) in [5.41, 5.74) is 0.462. The summed E-state index contributed by atoms with van der Waals surface area (Å²) in [6.07, 6.45) is 1.55. The lowest BCUT2D eigenvalue weighted by molar-refractivity contribution is -0.118. The molecule has 0 aromatic heterocycles. The molecular formula is C19H20ClN3O4S. The van der Waals surface area contributed by atoms with Crippen LogP contribution in [0.15, 0.2) is 57.8 Å². The number of amides is 1. The van der Waals surface area contributed by atoms with Gasteiger partial charge < -0.3 is 15.0 Å². The first-order valence-corrected chi connectivity index (χ1v) is 10.5. The van der Waals surface area contributed by atoms with Crippen LogP contribution in [0.1, 0.15) is 12.8 Å². The zero-order valence-electron chi connectivity index (χ0n) is 15.3. The van der Waals surface area contributed by atoms with Gasteiger partial charge in [-0.2, -0.15) is 8.42 Å². The van der Waals surface area contributed by atoms with Crippen molar-refractivity contribution in [3.8, 4) is 5.75 Å². The van der Waals surface area contributed by atoms with Crippen molar-refractivity contribution in [3.63, 3.8) is 0 Å². The van der Waals surface area contributed by atoms with Crippen LogP contribution < -0.4 is 10.1 Å². The van der Waals surface area contributed by atoms with Crippen molar-refractivity contribution in [2.45, 2.75) is 17.7 Å². The summed E-state index contributed by atoms with van der Waals surface area (Å²) in [5.74, 6) is 0.680. The van der Waals surface area contributed by atoms with E-state index >= 15 is 0 Å². The molecular weight excluding hydrogens is 402 g/mol. The Morgan fingerprint density at radius 3 is 2.64 bits per heavy atom. The normalized spacial score (nSPS) is 15.6. The fourth-order valence-electron chi connectivity index (χ4n) is 2.71. The molecule has 2 aromatic rings. The molecule has 0 aliphatic carbocycles. The maximum Gasteiger partial charge on any atom is 0.283 e. The number of anilines is 1. The minimum absolute atomic E-state index is 0.0773. The van der Waals surface area contributed by atoms with Crippen LogP contribution in [0.2, 0.25) is 5.02 Å². The molecule has 9 heteroatoms. The number of ether oxygens (including phenoxy) is 1. The number of hydrogen-bond acceptors (Lipinski definition) is 4. The summed E-state index contributed by atoms with van der Waals surface area (Å²) in [6.45, 7) is 0.608. The van der Waals surface area contributed by atoms with Crippen LogP contribution in [0.25, 0.3) is 0 Å². The number of likely N-dealkylation sites (tertiary alicyclic amines) is 1. The molecule has 1 fully saturated rings. The third-order valence-electron chi connectivity index (χ3n) is 4.16. The van der Waals surface area contributed by atoms with Gasteiger partial charge in [0.25, 0.3) is 15.9 Å². The summed E-state index contributed by atoms with van der Waals surface area (Å²) in [4.78, 5) is 13.9. The van der Waals surface area contributed by atoms with Crippen molar-refractivity contribution in [1.82, 2.24) is 4.90 Å². The summed E-state index contributed by atoms with van der Waals surface area (Å²) in [5, 5.41) is 3.17. The number of rotatable bonds is 6. The molecule has 1 aliphatic heterocycles. The molecule has 1 saturated heterocycles. The summed E-state index contributed by atoms with van der Waals surface area (Å²) in [7, 11) is -1.95. The van der Waals surface area contributed by atoms with Gasteiger partial charge in [-0.25, -0.2) is 0 Å². The highest BCUT2D eigenvalue weighted by Gasteiger charge is 2.20. The van der Waals surface area contributed by atoms with E-state index in [1.165, 1.54) is 24.3 Å². The molecule has 0 saturated carbocycles. The molecule has 2 aromatic carbocycles. The van der Waals surface area contributed by atoms with E-state index in [1.54, 1.807) is 24.3 Å². The van der Waals surface area contributed by atoms with Crippen LogP contribution in [0.4, 0.5) is 5.69 Å². The van der Waals surface area contributed by atoms with E-state index < -0.39 is 10.0 Å². The minimum atomic E-state index is -3.78. The van der Waals surface area contributed by atoms with Crippen LogP contribution in [-0.4, -0.2) is 45.3 Å². The van der Waals surface area contributed by atoms with Crippen molar-refractivity contribution in [2.24, 2.45) is 4.40 Å². The lowest BCUT2D eigenvalue weighted by Gasteiger charge is -2.11. The molecule has 1 N–H and O–H groups in total. The number of carbonyl (C=O) groups excluding carboxylic acids is 1. The Labute approximate surface area is 169 Å². The molecule has 7 nitrogen and oxygen atoms in total. The largest absolute Gasteiger partial charge is 0.484 e. The quantitative estimate of drug-likeness (QED) is 0.773. The number of halogens is 1. The number of benzene rings is 2. The van der Waals surface area contributed by atoms with Crippen LogP contribution in [0.5, 0.6) is 5.75 Å². The monoisotopic (exact) mass is 421 g/mol. The second kappa shape index (κ2) is 8.62. The maximum absolute atomic E-state index is 12.4. The van der Waals surface area contributed by atoms with E-state index in [2.05, 4.69) is 9.71 Å². The maximum atomic E-state index is 12.4. The SMILES string of the molecule is CN1CCC/C1=N/S(=O)(=O)c1ccc(NC(=O)COc2cccc(Cl)c2)cc1. The van der Waals surface area contributed by atoms with E-state index in [0.29, 0.717) is 28.7 Å². The summed E-state index contributed by atoms with van der Waals surface area (Å²) >= 11 is 5.86. The highest BCUT2D eigenvalue weighted by molar-refractivity contribution is 7.90. The first kappa shape index (κ1) is 20.2. The van der Waals surface area contributed by atoms with Crippen molar-refractivity contribution in [1.29, 1.82) is 0 Å². The fourth-order valence-corrected chi connectivity index (χ4v) is 3.99. The second-order valence-electron chi connectivity index (χ2n) is 6.33. The predicted octanol–water partition coefficient (Wildman–Crippen LogP) is 3.17. The van der Waals surface area contributed by atoms with Crippen molar-refractivity contribution in [3.05, 3.63) is 53.6 Å². The standard InChI is InChI=1S/C19H20ClN3O4S/c1-23-11-3-6-18(23)22-28(25,26)17-9-7-15(8-10-17)21-19(24)13-27-16-5-2-4-14(20)12-16/h2,4-5,7-10,12H,3,6,11,13H2,1H3,(H,21,24)/b22-18-. The lowest BCUT2D eigenvalue weighted by Crippen LogP contribution is -2.20. The Morgan fingerprint density at radius 2 is 2.00 bits per heavy atom. The topological polar surface area (TPSA) is 88.1 Å². The third-order valence-corrected chi connectivity index (χ3v) is 5.72. The zero-order chi connectivity index (χ0) is 20.1. The average Bonchev–Trinajstić information content (AvgIpc) is 3.04.